The normalized spacial score (nSPS) is 12.9. The van der Waals surface area contributed by atoms with Crippen molar-refractivity contribution in [2.24, 2.45) is 0 Å². The Hall–Kier alpha value is -0.890. The Kier molecular flexibility index (Phi) is 3.41. The molecule has 1 rings (SSSR count). The van der Waals surface area contributed by atoms with E-state index in [2.05, 4.69) is 0 Å². The van der Waals surface area contributed by atoms with Crippen LogP contribution < -0.4 is 0 Å². The van der Waals surface area contributed by atoms with Crippen LogP contribution in [0.5, 0.6) is 11.5 Å². The van der Waals surface area contributed by atoms with Crippen LogP contribution >= 0.6 is 11.6 Å². The van der Waals surface area contributed by atoms with Crippen LogP contribution in [0.4, 0.5) is 0 Å². The van der Waals surface area contributed by atoms with E-state index in [0.717, 1.165) is 11.1 Å². The monoisotopic (exact) mass is 256 g/mol. The van der Waals surface area contributed by atoms with Crippen molar-refractivity contribution in [1.29, 1.82) is 0 Å². The molecule has 0 spiro atoms. The van der Waals surface area contributed by atoms with Gasteiger partial charge in [0.15, 0.2) is 0 Å². The Labute approximate surface area is 108 Å². The molecule has 0 saturated heterocycles. The zero-order valence-corrected chi connectivity index (χ0v) is 12.1. The zero-order valence-electron chi connectivity index (χ0n) is 11.3. The van der Waals surface area contributed by atoms with Gasteiger partial charge in [-0.3, -0.25) is 0 Å². The summed E-state index contributed by atoms with van der Waals surface area (Å²) in [5, 5.41) is 20.1. The third-order valence-electron chi connectivity index (χ3n) is 2.83. The van der Waals surface area contributed by atoms with Gasteiger partial charge in [0.1, 0.15) is 16.5 Å². The van der Waals surface area contributed by atoms with Gasteiger partial charge in [-0.2, -0.15) is 0 Å². The van der Waals surface area contributed by atoms with Crippen LogP contribution in [-0.4, -0.2) is 10.2 Å². The van der Waals surface area contributed by atoms with Gasteiger partial charge in [-0.1, -0.05) is 53.1 Å². The van der Waals surface area contributed by atoms with E-state index in [1.165, 1.54) is 0 Å². The lowest BCUT2D eigenvalue weighted by atomic mass is 9.79. The molecule has 0 aliphatic carbocycles. The van der Waals surface area contributed by atoms with Crippen molar-refractivity contribution in [3.8, 4) is 11.5 Å². The third kappa shape index (κ3) is 2.68. The van der Waals surface area contributed by atoms with Gasteiger partial charge >= 0.3 is 0 Å². The van der Waals surface area contributed by atoms with E-state index in [4.69, 9.17) is 11.6 Å². The molecule has 0 atom stereocenters. The molecule has 1 aromatic rings. The highest BCUT2D eigenvalue weighted by Crippen LogP contribution is 2.46. The highest BCUT2D eigenvalue weighted by molar-refractivity contribution is 6.33. The van der Waals surface area contributed by atoms with Crippen LogP contribution in [0.25, 0.3) is 0 Å². The van der Waals surface area contributed by atoms with Crippen LogP contribution in [0, 0.1) is 0 Å². The second kappa shape index (κ2) is 4.09. The number of hydrogen-bond donors (Lipinski definition) is 2. The number of phenols is 2. The summed E-state index contributed by atoms with van der Waals surface area (Å²) >= 11 is 6.00. The minimum absolute atomic E-state index is 0.0235. The maximum absolute atomic E-state index is 10.0. The molecule has 0 bridgehead atoms. The SMILES string of the molecule is CC(C)(C)c1cc(C(C)(C)C)c(O)c(Cl)c1O. The van der Waals surface area contributed by atoms with Gasteiger partial charge in [0.2, 0.25) is 0 Å². The van der Waals surface area contributed by atoms with Crippen molar-refractivity contribution >= 4 is 11.6 Å². The Morgan fingerprint density at radius 1 is 0.824 bits per heavy atom. The van der Waals surface area contributed by atoms with Crippen molar-refractivity contribution in [3.05, 3.63) is 22.2 Å². The molecule has 0 aliphatic heterocycles. The summed E-state index contributed by atoms with van der Waals surface area (Å²) in [5.41, 5.74) is 1.07. The van der Waals surface area contributed by atoms with Crippen LogP contribution in [0.15, 0.2) is 6.07 Å². The molecule has 96 valence electrons. The Bertz CT molecular complexity index is 399. The molecule has 0 heterocycles. The van der Waals surface area contributed by atoms with Gasteiger partial charge in [0, 0.05) is 11.1 Å². The summed E-state index contributed by atoms with van der Waals surface area (Å²) in [5.74, 6) is -0.0469. The van der Waals surface area contributed by atoms with E-state index in [9.17, 15) is 10.2 Å². The summed E-state index contributed by atoms with van der Waals surface area (Å²) in [4.78, 5) is 0. The fourth-order valence-electron chi connectivity index (χ4n) is 1.77. The highest BCUT2D eigenvalue weighted by atomic mass is 35.5. The molecule has 0 aliphatic rings. The number of hydrogen-bond acceptors (Lipinski definition) is 2. The molecular formula is C14H21ClO2. The van der Waals surface area contributed by atoms with Gasteiger partial charge in [-0.15, -0.1) is 0 Å². The van der Waals surface area contributed by atoms with Crippen LogP contribution in [0.2, 0.25) is 5.02 Å². The Morgan fingerprint density at radius 2 is 1.12 bits per heavy atom. The maximum atomic E-state index is 10.0. The third-order valence-corrected chi connectivity index (χ3v) is 3.19. The topological polar surface area (TPSA) is 40.5 Å². The smallest absolute Gasteiger partial charge is 0.141 e. The van der Waals surface area contributed by atoms with Crippen molar-refractivity contribution in [3.63, 3.8) is 0 Å². The summed E-state index contributed by atoms with van der Waals surface area (Å²) < 4.78 is 0. The molecule has 0 unspecified atom stereocenters. The highest BCUT2D eigenvalue weighted by Gasteiger charge is 2.28. The predicted molar refractivity (Wildman–Crippen MR) is 72.2 cm³/mol. The van der Waals surface area contributed by atoms with Gasteiger partial charge in [-0.05, 0) is 16.9 Å². The molecule has 0 amide bonds. The Morgan fingerprint density at radius 3 is 1.35 bits per heavy atom. The zero-order chi connectivity index (χ0) is 13.6. The van der Waals surface area contributed by atoms with E-state index in [-0.39, 0.29) is 27.4 Å². The molecule has 17 heavy (non-hydrogen) atoms. The first kappa shape index (κ1) is 14.2. The molecule has 3 heteroatoms. The molecule has 0 saturated carbocycles. The fraction of sp³-hybridized carbons (Fsp3) is 0.571. The first-order valence-corrected chi connectivity index (χ1v) is 6.09. The summed E-state index contributed by atoms with van der Waals surface area (Å²) in [6, 6.07) is 1.84. The van der Waals surface area contributed by atoms with E-state index >= 15 is 0 Å². The first-order valence-electron chi connectivity index (χ1n) is 5.71. The Balaban J connectivity index is 3.63. The molecule has 1 aromatic carbocycles. The predicted octanol–water partition coefficient (Wildman–Crippen LogP) is 4.35. The van der Waals surface area contributed by atoms with Crippen LogP contribution in [-0.2, 0) is 10.8 Å². The van der Waals surface area contributed by atoms with Gasteiger partial charge in [-0.25, -0.2) is 0 Å². The van der Waals surface area contributed by atoms with Crippen molar-refractivity contribution in [2.45, 2.75) is 52.4 Å². The minimum atomic E-state index is -0.221. The van der Waals surface area contributed by atoms with Crippen LogP contribution in [0.3, 0.4) is 0 Å². The average molecular weight is 257 g/mol. The molecule has 2 N–H and O–H groups in total. The summed E-state index contributed by atoms with van der Waals surface area (Å²) in [7, 11) is 0. The number of benzene rings is 1. The second-order valence-electron chi connectivity index (χ2n) is 6.48. The second-order valence-corrected chi connectivity index (χ2v) is 6.86. The molecule has 0 radical (unpaired) electrons. The molecular weight excluding hydrogens is 236 g/mol. The molecule has 0 fully saturated rings. The van der Waals surface area contributed by atoms with E-state index in [1.54, 1.807) is 0 Å². The van der Waals surface area contributed by atoms with E-state index < -0.39 is 0 Å². The standard InChI is InChI=1S/C14H21ClO2/c1-13(2,3)8-7-9(14(4,5)6)12(17)10(15)11(8)16/h7,16-17H,1-6H3. The van der Waals surface area contributed by atoms with Crippen molar-refractivity contribution < 1.29 is 10.2 Å². The summed E-state index contributed by atoms with van der Waals surface area (Å²) in [6.07, 6.45) is 0. The average Bonchev–Trinajstić information content (AvgIpc) is 2.10. The van der Waals surface area contributed by atoms with Crippen LogP contribution in [0.1, 0.15) is 52.7 Å². The lowest BCUT2D eigenvalue weighted by molar-refractivity contribution is 0.418. The quantitative estimate of drug-likeness (QED) is 0.725. The number of phenolic OH excluding ortho intramolecular Hbond substituents is 2. The lowest BCUT2D eigenvalue weighted by Crippen LogP contribution is -2.17. The largest absolute Gasteiger partial charge is 0.506 e. The minimum Gasteiger partial charge on any atom is -0.506 e. The van der Waals surface area contributed by atoms with Gasteiger partial charge < -0.3 is 10.2 Å². The number of aromatic hydroxyl groups is 2. The van der Waals surface area contributed by atoms with E-state index in [1.807, 2.05) is 47.6 Å². The molecule has 0 aromatic heterocycles. The maximum Gasteiger partial charge on any atom is 0.141 e. The number of halogens is 1. The van der Waals surface area contributed by atoms with Gasteiger partial charge in [0.05, 0.1) is 0 Å². The fourth-order valence-corrected chi connectivity index (χ4v) is 1.98. The molecule has 2 nitrogen and oxygen atoms in total. The van der Waals surface area contributed by atoms with Crippen molar-refractivity contribution in [1.82, 2.24) is 0 Å². The summed E-state index contributed by atoms with van der Waals surface area (Å²) in [6.45, 7) is 12.0. The first-order chi connectivity index (χ1) is 7.46. The number of rotatable bonds is 0. The van der Waals surface area contributed by atoms with E-state index in [0.29, 0.717) is 0 Å². The lowest BCUT2D eigenvalue weighted by Gasteiger charge is -2.27. The van der Waals surface area contributed by atoms with Gasteiger partial charge in [0.25, 0.3) is 0 Å². The van der Waals surface area contributed by atoms with Crippen molar-refractivity contribution in [2.75, 3.05) is 0 Å².